The van der Waals surface area contributed by atoms with Crippen LogP contribution in [0.25, 0.3) is 10.9 Å². The number of aromatic amines is 1. The maximum atomic E-state index is 10.3. The lowest BCUT2D eigenvalue weighted by Crippen LogP contribution is -2.19. The molecule has 2 rings (SSSR count). The van der Waals surface area contributed by atoms with Gasteiger partial charge in [-0.15, -0.1) is 0 Å². The summed E-state index contributed by atoms with van der Waals surface area (Å²) in [5, 5.41) is 11.9. The van der Waals surface area contributed by atoms with Crippen molar-refractivity contribution in [2.24, 2.45) is 0 Å². The molecule has 3 N–H and O–H groups in total. The highest BCUT2D eigenvalue weighted by Crippen LogP contribution is 2.16. The lowest BCUT2D eigenvalue weighted by molar-refractivity contribution is 0.194. The van der Waals surface area contributed by atoms with Gasteiger partial charge in [0.2, 0.25) is 0 Å². The molecule has 72 valence electrons. The summed E-state index contributed by atoms with van der Waals surface area (Å²) in [6.45, 7) is 0.338. The molecule has 0 spiro atoms. The van der Waals surface area contributed by atoms with Crippen LogP contribution in [-0.4, -0.2) is 16.2 Å². The Labute approximate surface area is 80.6 Å². The van der Waals surface area contributed by atoms with Gasteiger partial charge in [0.15, 0.2) is 0 Å². The molecule has 14 heavy (non-hydrogen) atoms. The molecule has 0 aliphatic heterocycles. The molecule has 0 saturated carbocycles. The van der Waals surface area contributed by atoms with Crippen molar-refractivity contribution < 1.29 is 9.90 Å². The Morgan fingerprint density at radius 2 is 2.29 bits per heavy atom. The van der Waals surface area contributed by atoms with E-state index in [1.807, 2.05) is 30.5 Å². The zero-order chi connectivity index (χ0) is 9.97. The normalized spacial score (nSPS) is 10.3. The molecule has 0 unspecified atom stereocenters. The van der Waals surface area contributed by atoms with Gasteiger partial charge in [-0.05, 0) is 17.7 Å². The number of nitrogens with one attached hydrogen (secondary N) is 2. The number of carbonyl (C=O) groups is 1. The van der Waals surface area contributed by atoms with E-state index in [9.17, 15) is 4.79 Å². The Morgan fingerprint density at radius 3 is 3.07 bits per heavy atom. The van der Waals surface area contributed by atoms with Crippen LogP contribution in [0, 0.1) is 0 Å². The van der Waals surface area contributed by atoms with Gasteiger partial charge >= 0.3 is 6.09 Å². The van der Waals surface area contributed by atoms with Crippen molar-refractivity contribution in [2.75, 3.05) is 0 Å². The van der Waals surface area contributed by atoms with Gasteiger partial charge < -0.3 is 15.4 Å². The molecular formula is C10H10N2O2. The van der Waals surface area contributed by atoms with E-state index in [0.29, 0.717) is 6.54 Å². The summed E-state index contributed by atoms with van der Waals surface area (Å²) < 4.78 is 0. The van der Waals surface area contributed by atoms with Gasteiger partial charge in [-0.2, -0.15) is 0 Å². The Balaban J connectivity index is 2.32. The predicted molar refractivity (Wildman–Crippen MR) is 53.2 cm³/mol. The molecule has 0 bridgehead atoms. The van der Waals surface area contributed by atoms with Crippen LogP contribution in [0.3, 0.4) is 0 Å². The first-order chi connectivity index (χ1) is 6.77. The molecule has 0 saturated heterocycles. The van der Waals surface area contributed by atoms with E-state index >= 15 is 0 Å². The molecule has 4 heteroatoms. The van der Waals surface area contributed by atoms with E-state index in [2.05, 4.69) is 10.3 Å². The summed E-state index contributed by atoms with van der Waals surface area (Å²) in [7, 11) is 0. The summed E-state index contributed by atoms with van der Waals surface area (Å²) in [5.74, 6) is 0. The SMILES string of the molecule is O=C(O)NCc1cccc2[nH]ccc12. The highest BCUT2D eigenvalue weighted by molar-refractivity contribution is 5.83. The van der Waals surface area contributed by atoms with Crippen molar-refractivity contribution in [3.63, 3.8) is 0 Å². The molecule has 1 amide bonds. The summed E-state index contributed by atoms with van der Waals surface area (Å²) in [6.07, 6.45) is 0.840. The van der Waals surface area contributed by atoms with E-state index < -0.39 is 6.09 Å². The second kappa shape index (κ2) is 3.41. The number of carboxylic acid groups (broad SMARTS) is 1. The molecule has 1 heterocycles. The summed E-state index contributed by atoms with van der Waals surface area (Å²) in [4.78, 5) is 13.4. The third-order valence-corrected chi connectivity index (χ3v) is 2.12. The summed E-state index contributed by atoms with van der Waals surface area (Å²) in [6, 6.07) is 7.71. The lowest BCUT2D eigenvalue weighted by Gasteiger charge is -2.02. The van der Waals surface area contributed by atoms with Crippen LogP contribution >= 0.6 is 0 Å². The monoisotopic (exact) mass is 190 g/mol. The maximum absolute atomic E-state index is 10.3. The van der Waals surface area contributed by atoms with Crippen molar-refractivity contribution in [3.05, 3.63) is 36.0 Å². The number of benzene rings is 1. The van der Waals surface area contributed by atoms with Gasteiger partial charge in [-0.1, -0.05) is 12.1 Å². The van der Waals surface area contributed by atoms with Crippen LogP contribution in [0.4, 0.5) is 4.79 Å². The second-order valence-electron chi connectivity index (χ2n) is 3.01. The topological polar surface area (TPSA) is 65.1 Å². The standard InChI is InChI=1S/C10H10N2O2/c13-10(14)12-6-7-2-1-3-9-8(7)4-5-11-9/h1-5,11-12H,6H2,(H,13,14). The molecule has 4 nitrogen and oxygen atoms in total. The number of aromatic nitrogens is 1. The highest BCUT2D eigenvalue weighted by Gasteiger charge is 2.02. The number of hydrogen-bond acceptors (Lipinski definition) is 1. The fraction of sp³-hybridized carbons (Fsp3) is 0.100. The van der Waals surface area contributed by atoms with Gasteiger partial charge in [0.25, 0.3) is 0 Å². The van der Waals surface area contributed by atoms with Crippen LogP contribution in [0.5, 0.6) is 0 Å². The first-order valence-electron chi connectivity index (χ1n) is 4.29. The zero-order valence-corrected chi connectivity index (χ0v) is 7.45. The number of amides is 1. The van der Waals surface area contributed by atoms with E-state index in [1.165, 1.54) is 0 Å². The fourth-order valence-electron chi connectivity index (χ4n) is 1.48. The molecule has 0 aliphatic carbocycles. The lowest BCUT2D eigenvalue weighted by atomic mass is 10.1. The van der Waals surface area contributed by atoms with Crippen molar-refractivity contribution >= 4 is 17.0 Å². The van der Waals surface area contributed by atoms with Gasteiger partial charge in [-0.3, -0.25) is 0 Å². The van der Waals surface area contributed by atoms with Crippen LogP contribution in [-0.2, 0) is 6.54 Å². The minimum Gasteiger partial charge on any atom is -0.465 e. The van der Waals surface area contributed by atoms with E-state index in [1.54, 1.807) is 0 Å². The highest BCUT2D eigenvalue weighted by atomic mass is 16.4. The first-order valence-corrected chi connectivity index (χ1v) is 4.29. The smallest absolute Gasteiger partial charge is 0.404 e. The Morgan fingerprint density at radius 1 is 1.43 bits per heavy atom. The largest absolute Gasteiger partial charge is 0.465 e. The Bertz CT molecular complexity index is 462. The van der Waals surface area contributed by atoms with Gasteiger partial charge in [0.1, 0.15) is 0 Å². The van der Waals surface area contributed by atoms with E-state index in [0.717, 1.165) is 16.5 Å². The van der Waals surface area contributed by atoms with Gasteiger partial charge in [0, 0.05) is 23.6 Å². The van der Waals surface area contributed by atoms with Crippen molar-refractivity contribution in [1.29, 1.82) is 0 Å². The minimum atomic E-state index is -1.00. The second-order valence-corrected chi connectivity index (χ2v) is 3.01. The molecular weight excluding hydrogens is 180 g/mol. The van der Waals surface area contributed by atoms with Crippen LogP contribution < -0.4 is 5.32 Å². The van der Waals surface area contributed by atoms with Gasteiger partial charge in [0.05, 0.1) is 0 Å². The number of hydrogen-bond donors (Lipinski definition) is 3. The molecule has 2 aromatic rings. The quantitative estimate of drug-likeness (QED) is 0.677. The number of rotatable bonds is 2. The van der Waals surface area contributed by atoms with Crippen LogP contribution in [0.2, 0.25) is 0 Å². The summed E-state index contributed by atoms with van der Waals surface area (Å²) >= 11 is 0. The van der Waals surface area contributed by atoms with Crippen molar-refractivity contribution in [3.8, 4) is 0 Å². The zero-order valence-electron chi connectivity index (χ0n) is 7.45. The molecule has 0 radical (unpaired) electrons. The molecule has 1 aromatic carbocycles. The first kappa shape index (κ1) is 8.62. The molecule has 0 aliphatic rings. The number of fused-ring (bicyclic) bond motifs is 1. The molecule has 0 atom stereocenters. The maximum Gasteiger partial charge on any atom is 0.404 e. The van der Waals surface area contributed by atoms with Crippen LogP contribution in [0.15, 0.2) is 30.5 Å². The molecule has 1 aromatic heterocycles. The van der Waals surface area contributed by atoms with Crippen molar-refractivity contribution in [1.82, 2.24) is 10.3 Å². The average Bonchev–Trinajstić information content (AvgIpc) is 2.62. The van der Waals surface area contributed by atoms with Crippen LogP contribution in [0.1, 0.15) is 5.56 Å². The molecule has 0 fully saturated rings. The summed E-state index contributed by atoms with van der Waals surface area (Å²) in [5.41, 5.74) is 2.00. The Hall–Kier alpha value is -1.97. The third kappa shape index (κ3) is 1.54. The van der Waals surface area contributed by atoms with E-state index in [-0.39, 0.29) is 0 Å². The predicted octanol–water partition coefficient (Wildman–Crippen LogP) is 1.94. The fourth-order valence-corrected chi connectivity index (χ4v) is 1.48. The average molecular weight is 190 g/mol. The van der Waals surface area contributed by atoms with E-state index in [4.69, 9.17) is 5.11 Å². The minimum absolute atomic E-state index is 0.338. The Kier molecular flexibility index (Phi) is 2.10. The van der Waals surface area contributed by atoms with Gasteiger partial charge in [-0.25, -0.2) is 4.79 Å². The van der Waals surface area contributed by atoms with Crippen molar-refractivity contribution in [2.45, 2.75) is 6.54 Å². The third-order valence-electron chi connectivity index (χ3n) is 2.12. The number of H-pyrrole nitrogens is 1.